The Labute approximate surface area is 163 Å². The smallest absolute Gasteiger partial charge is 0.228 e. The van der Waals surface area contributed by atoms with E-state index in [4.69, 9.17) is 11.5 Å². The number of nitrogens with two attached hydrogens (primary N) is 2. The van der Waals surface area contributed by atoms with Gasteiger partial charge in [-0.25, -0.2) is 4.98 Å². The minimum Gasteiger partial charge on any atom is -0.386 e. The van der Waals surface area contributed by atoms with Gasteiger partial charge in [-0.1, -0.05) is 18.2 Å². The molecule has 0 bridgehead atoms. The van der Waals surface area contributed by atoms with Crippen molar-refractivity contribution in [3.05, 3.63) is 41.4 Å². The van der Waals surface area contributed by atoms with Gasteiger partial charge < -0.3 is 16.4 Å². The number of para-hydroxylation sites is 1. The first kappa shape index (κ1) is 23.0. The maximum atomic E-state index is 12.1. The first-order valence-corrected chi connectivity index (χ1v) is 7.99. The number of benzene rings is 1. The lowest BCUT2D eigenvalue weighted by atomic mass is 10.3. The van der Waals surface area contributed by atoms with Crippen molar-refractivity contribution in [3.8, 4) is 0 Å². The van der Waals surface area contributed by atoms with Crippen molar-refractivity contribution in [3.63, 3.8) is 0 Å². The second-order valence-corrected chi connectivity index (χ2v) is 5.89. The number of anilines is 2. The molecule has 138 valence electrons. The molecule has 5 N–H and O–H groups in total. The van der Waals surface area contributed by atoms with Gasteiger partial charge in [0, 0.05) is 25.4 Å². The van der Waals surface area contributed by atoms with Crippen LogP contribution in [0.25, 0.3) is 0 Å². The number of halogens is 2. The summed E-state index contributed by atoms with van der Waals surface area (Å²) in [6.07, 6.45) is 0.727. The van der Waals surface area contributed by atoms with Crippen LogP contribution in [-0.4, -0.2) is 35.2 Å². The van der Waals surface area contributed by atoms with E-state index in [2.05, 4.69) is 15.5 Å². The molecule has 0 aliphatic carbocycles. The number of carbonyl (C=O) groups is 1. The molecule has 1 aromatic carbocycles. The van der Waals surface area contributed by atoms with Gasteiger partial charge in [0.2, 0.25) is 5.91 Å². The van der Waals surface area contributed by atoms with E-state index in [-0.39, 0.29) is 37.1 Å². The van der Waals surface area contributed by atoms with Gasteiger partial charge in [0.25, 0.3) is 0 Å². The zero-order valence-electron chi connectivity index (χ0n) is 13.7. The largest absolute Gasteiger partial charge is 0.386 e. The molecule has 0 aliphatic heterocycles. The molecule has 1 amide bonds. The van der Waals surface area contributed by atoms with E-state index in [1.54, 1.807) is 17.3 Å². The van der Waals surface area contributed by atoms with Crippen molar-refractivity contribution in [1.29, 1.82) is 0 Å². The van der Waals surface area contributed by atoms with Crippen LogP contribution < -0.4 is 16.9 Å². The summed E-state index contributed by atoms with van der Waals surface area (Å²) in [6, 6.07) is 9.53. The second kappa shape index (κ2) is 11.5. The van der Waals surface area contributed by atoms with Crippen molar-refractivity contribution >= 4 is 58.7 Å². The highest BCUT2D eigenvalue weighted by atomic mass is 35.5. The Kier molecular flexibility index (Phi) is 10.6. The minimum atomic E-state index is -0.0286. The summed E-state index contributed by atoms with van der Waals surface area (Å²) >= 11 is 1.33. The van der Waals surface area contributed by atoms with E-state index >= 15 is 0 Å². The molecule has 7 nitrogen and oxygen atoms in total. The van der Waals surface area contributed by atoms with E-state index in [0.29, 0.717) is 29.6 Å². The number of thiazole rings is 1. The van der Waals surface area contributed by atoms with Gasteiger partial charge in [-0.15, -0.1) is 36.2 Å². The quantitative estimate of drug-likeness (QED) is 0.372. The summed E-state index contributed by atoms with van der Waals surface area (Å²) in [6.45, 7) is 0.490. The molecule has 0 aliphatic rings. The number of hydrogen-bond donors (Lipinski definition) is 3. The lowest BCUT2D eigenvalue weighted by Gasteiger charge is -2.16. The van der Waals surface area contributed by atoms with Crippen LogP contribution in [0.3, 0.4) is 0 Å². The summed E-state index contributed by atoms with van der Waals surface area (Å²) < 4.78 is 0. The van der Waals surface area contributed by atoms with Crippen molar-refractivity contribution in [1.82, 2.24) is 9.88 Å². The molecule has 0 saturated carbocycles. The number of rotatable bonds is 7. The van der Waals surface area contributed by atoms with E-state index in [1.807, 2.05) is 30.3 Å². The summed E-state index contributed by atoms with van der Waals surface area (Å²) in [5.74, 6) is 0.408. The van der Waals surface area contributed by atoms with Crippen LogP contribution >= 0.6 is 36.2 Å². The molecule has 2 aromatic rings. The summed E-state index contributed by atoms with van der Waals surface area (Å²) in [4.78, 5) is 17.8. The van der Waals surface area contributed by atoms with Gasteiger partial charge in [-0.05, 0) is 12.1 Å². The monoisotopic (exact) mass is 404 g/mol. The molecule has 2 rings (SSSR count). The number of nitrogen functional groups attached to an aromatic ring is 1. The van der Waals surface area contributed by atoms with Crippen molar-refractivity contribution < 1.29 is 4.79 Å². The molecular formula is C15H22Cl2N6OS. The summed E-state index contributed by atoms with van der Waals surface area (Å²) in [5.41, 5.74) is 15.8. The molecule has 1 heterocycles. The lowest BCUT2D eigenvalue weighted by molar-refractivity contribution is -0.129. The molecule has 0 radical (unpaired) electrons. The highest BCUT2D eigenvalue weighted by Crippen LogP contribution is 2.12. The summed E-state index contributed by atoms with van der Waals surface area (Å²) in [7, 11) is 1.73. The fourth-order valence-electron chi connectivity index (χ4n) is 1.81. The number of nitrogens with zero attached hydrogens (tertiary/aromatic N) is 3. The third kappa shape index (κ3) is 8.06. The zero-order chi connectivity index (χ0) is 16.7. The molecule has 0 saturated heterocycles. The maximum absolute atomic E-state index is 12.1. The van der Waals surface area contributed by atoms with Crippen molar-refractivity contribution in [2.24, 2.45) is 10.8 Å². The lowest BCUT2D eigenvalue weighted by Crippen LogP contribution is -2.32. The Balaban J connectivity index is 0.00000288. The van der Waals surface area contributed by atoms with Crippen LogP contribution in [0.1, 0.15) is 12.1 Å². The number of aromatic nitrogens is 1. The van der Waals surface area contributed by atoms with Crippen LogP contribution in [-0.2, 0) is 11.2 Å². The van der Waals surface area contributed by atoms with Crippen molar-refractivity contribution in [2.75, 3.05) is 24.8 Å². The number of nitrogens with one attached hydrogen (secondary N) is 1. The third-order valence-corrected chi connectivity index (χ3v) is 3.86. The minimum absolute atomic E-state index is 0. The number of hydrazone groups is 1. The van der Waals surface area contributed by atoms with E-state index < -0.39 is 0 Å². The number of hydrogen-bond acceptors (Lipinski definition) is 6. The van der Waals surface area contributed by atoms with Gasteiger partial charge in [-0.3, -0.25) is 10.2 Å². The van der Waals surface area contributed by atoms with Crippen LogP contribution in [0.15, 0.2) is 40.8 Å². The number of carbonyl (C=O) groups excluding carboxylic acids is 1. The maximum Gasteiger partial charge on any atom is 0.228 e. The Hall–Kier alpha value is -2.03. The number of amides is 1. The van der Waals surface area contributed by atoms with Gasteiger partial charge in [0.1, 0.15) is 5.84 Å². The van der Waals surface area contributed by atoms with Crippen LogP contribution in [0.2, 0.25) is 0 Å². The highest BCUT2D eigenvalue weighted by Gasteiger charge is 2.12. The molecule has 0 spiro atoms. The predicted octanol–water partition coefficient (Wildman–Crippen LogP) is 2.34. The van der Waals surface area contributed by atoms with Crippen LogP contribution in [0.4, 0.5) is 10.8 Å². The molecule has 1 aromatic heterocycles. The molecular weight excluding hydrogens is 383 g/mol. The van der Waals surface area contributed by atoms with Crippen molar-refractivity contribution in [2.45, 2.75) is 12.8 Å². The predicted molar refractivity (Wildman–Crippen MR) is 109 cm³/mol. The third-order valence-electron chi connectivity index (χ3n) is 3.13. The standard InChI is InChI=1S/C15H20N6OS.2ClH/c1-21(14(22)9-12-10-23-15(17)18-12)8-7-13(16)20-19-11-5-3-2-4-6-11;;/h2-6,10,19H,7-9H2,1H3,(H2,16,20)(H2,17,18);2*1H. The van der Waals surface area contributed by atoms with Gasteiger partial charge >= 0.3 is 0 Å². The fourth-order valence-corrected chi connectivity index (χ4v) is 2.37. The molecule has 10 heteroatoms. The van der Waals surface area contributed by atoms with E-state index in [1.165, 1.54) is 11.3 Å². The zero-order valence-corrected chi connectivity index (χ0v) is 16.2. The Morgan fingerprint density at radius 2 is 2.00 bits per heavy atom. The first-order chi connectivity index (χ1) is 11.0. The van der Waals surface area contributed by atoms with Gasteiger partial charge in [-0.2, -0.15) is 5.10 Å². The Bertz CT molecular complexity index is 680. The fraction of sp³-hybridized carbons (Fsp3) is 0.267. The molecule has 0 unspecified atom stereocenters. The average molecular weight is 405 g/mol. The van der Waals surface area contributed by atoms with Crippen LogP contribution in [0.5, 0.6) is 0 Å². The summed E-state index contributed by atoms with van der Waals surface area (Å²) in [5, 5.41) is 6.36. The van der Waals surface area contributed by atoms with E-state index in [9.17, 15) is 4.79 Å². The topological polar surface area (TPSA) is 110 Å². The van der Waals surface area contributed by atoms with Crippen LogP contribution in [0, 0.1) is 0 Å². The Morgan fingerprint density at radius 3 is 2.60 bits per heavy atom. The average Bonchev–Trinajstić information content (AvgIpc) is 2.96. The molecule has 0 fully saturated rings. The number of amidine groups is 1. The van der Waals surface area contributed by atoms with Gasteiger partial charge in [0.15, 0.2) is 5.13 Å². The Morgan fingerprint density at radius 1 is 1.32 bits per heavy atom. The highest BCUT2D eigenvalue weighted by molar-refractivity contribution is 7.13. The second-order valence-electron chi connectivity index (χ2n) is 5.00. The molecule has 0 atom stereocenters. The first-order valence-electron chi connectivity index (χ1n) is 7.11. The molecule has 25 heavy (non-hydrogen) atoms. The van der Waals surface area contributed by atoms with E-state index in [0.717, 1.165) is 5.69 Å². The normalized spacial score (nSPS) is 10.4. The SMILES string of the molecule is CN(CC/C(N)=N/Nc1ccccc1)C(=O)Cc1csc(N)n1.Cl.Cl. The number of likely N-dealkylation sites (N-methyl/N-ethyl adjacent to an activating group) is 1. The van der Waals surface area contributed by atoms with Gasteiger partial charge in [0.05, 0.1) is 17.8 Å².